The van der Waals surface area contributed by atoms with Gasteiger partial charge >= 0.3 is 0 Å². The van der Waals surface area contributed by atoms with Crippen molar-refractivity contribution in [3.05, 3.63) is 40.4 Å². The lowest BCUT2D eigenvalue weighted by molar-refractivity contribution is -0.127. The summed E-state index contributed by atoms with van der Waals surface area (Å²) in [6.45, 7) is 4.32. The SMILES string of the molecule is CC(C)c1nnc(SCC(=O)N(C)Cc2c(F)cccc2Cl)n1C1CC1. The Hall–Kier alpha value is -1.60. The molecule has 1 fully saturated rings. The van der Waals surface area contributed by atoms with E-state index in [1.165, 1.54) is 22.7 Å². The maximum Gasteiger partial charge on any atom is 0.233 e. The molecule has 0 saturated heterocycles. The Kier molecular flexibility index (Phi) is 5.87. The van der Waals surface area contributed by atoms with E-state index >= 15 is 0 Å². The fraction of sp³-hybridized carbons (Fsp3) is 0.500. The van der Waals surface area contributed by atoms with Gasteiger partial charge in [0.1, 0.15) is 11.6 Å². The van der Waals surface area contributed by atoms with Crippen molar-refractivity contribution >= 4 is 29.3 Å². The summed E-state index contributed by atoms with van der Waals surface area (Å²) in [5.41, 5.74) is 0.332. The summed E-state index contributed by atoms with van der Waals surface area (Å²) in [5.74, 6) is 0.976. The van der Waals surface area contributed by atoms with E-state index < -0.39 is 5.82 Å². The summed E-state index contributed by atoms with van der Waals surface area (Å²) in [6.07, 6.45) is 2.26. The van der Waals surface area contributed by atoms with Crippen LogP contribution in [0.5, 0.6) is 0 Å². The quantitative estimate of drug-likeness (QED) is 0.655. The first kappa shape index (κ1) is 19.2. The first-order valence-electron chi connectivity index (χ1n) is 8.63. The number of hydrogen-bond acceptors (Lipinski definition) is 4. The summed E-state index contributed by atoms with van der Waals surface area (Å²) in [4.78, 5) is 13.9. The van der Waals surface area contributed by atoms with Gasteiger partial charge in [0.2, 0.25) is 5.91 Å². The second-order valence-corrected chi connectivity index (χ2v) is 8.19. The molecule has 1 aliphatic carbocycles. The molecule has 1 aromatic heterocycles. The molecule has 3 rings (SSSR count). The van der Waals surface area contributed by atoms with E-state index in [-0.39, 0.29) is 18.2 Å². The summed E-state index contributed by atoms with van der Waals surface area (Å²) in [7, 11) is 1.65. The van der Waals surface area contributed by atoms with E-state index in [0.29, 0.717) is 22.5 Å². The lowest BCUT2D eigenvalue weighted by atomic mass is 10.2. The Morgan fingerprint density at radius 3 is 2.77 bits per heavy atom. The third kappa shape index (κ3) is 4.20. The summed E-state index contributed by atoms with van der Waals surface area (Å²) in [5, 5.41) is 9.66. The number of nitrogens with zero attached hydrogens (tertiary/aromatic N) is 4. The van der Waals surface area contributed by atoms with Crippen molar-refractivity contribution in [1.29, 1.82) is 0 Å². The highest BCUT2D eigenvalue weighted by Crippen LogP contribution is 2.40. The van der Waals surface area contributed by atoms with Crippen LogP contribution in [0.4, 0.5) is 4.39 Å². The van der Waals surface area contributed by atoms with E-state index in [1.54, 1.807) is 19.2 Å². The Labute approximate surface area is 161 Å². The van der Waals surface area contributed by atoms with Gasteiger partial charge in [0.05, 0.1) is 5.75 Å². The highest BCUT2D eigenvalue weighted by molar-refractivity contribution is 7.99. The molecule has 140 valence electrons. The van der Waals surface area contributed by atoms with Gasteiger partial charge in [-0.1, -0.05) is 43.3 Å². The molecule has 0 atom stereocenters. The molecule has 1 heterocycles. The van der Waals surface area contributed by atoms with Gasteiger partial charge in [-0.15, -0.1) is 10.2 Å². The predicted molar refractivity (Wildman–Crippen MR) is 101 cm³/mol. The minimum Gasteiger partial charge on any atom is -0.341 e. The van der Waals surface area contributed by atoms with Crippen LogP contribution in [0.3, 0.4) is 0 Å². The number of benzene rings is 1. The van der Waals surface area contributed by atoms with Crippen LogP contribution < -0.4 is 0 Å². The minimum atomic E-state index is -0.403. The third-order valence-corrected chi connectivity index (χ3v) is 5.61. The van der Waals surface area contributed by atoms with Gasteiger partial charge in [-0.3, -0.25) is 4.79 Å². The van der Waals surface area contributed by atoms with Crippen molar-refractivity contribution < 1.29 is 9.18 Å². The molecular formula is C18H22ClFN4OS. The van der Waals surface area contributed by atoms with Crippen LogP contribution in [0.25, 0.3) is 0 Å². The number of aromatic nitrogens is 3. The van der Waals surface area contributed by atoms with E-state index in [9.17, 15) is 9.18 Å². The predicted octanol–water partition coefficient (Wildman–Crippen LogP) is 4.28. The first-order valence-corrected chi connectivity index (χ1v) is 9.99. The fourth-order valence-corrected chi connectivity index (χ4v) is 3.88. The van der Waals surface area contributed by atoms with Crippen molar-refractivity contribution in [2.75, 3.05) is 12.8 Å². The molecule has 1 aliphatic rings. The van der Waals surface area contributed by atoms with Crippen molar-refractivity contribution in [2.24, 2.45) is 0 Å². The molecule has 0 radical (unpaired) electrons. The molecular weight excluding hydrogens is 375 g/mol. The Bertz CT molecular complexity index is 786. The minimum absolute atomic E-state index is 0.106. The Morgan fingerprint density at radius 1 is 1.42 bits per heavy atom. The molecule has 1 aromatic carbocycles. The Morgan fingerprint density at radius 2 is 2.15 bits per heavy atom. The van der Waals surface area contributed by atoms with Crippen LogP contribution in [0.1, 0.15) is 50.0 Å². The molecule has 0 bridgehead atoms. The molecule has 0 aliphatic heterocycles. The summed E-state index contributed by atoms with van der Waals surface area (Å²) in [6, 6.07) is 4.98. The second-order valence-electron chi connectivity index (χ2n) is 6.84. The second kappa shape index (κ2) is 7.96. The lowest BCUT2D eigenvalue weighted by Crippen LogP contribution is -2.28. The number of carbonyl (C=O) groups excluding carboxylic acids is 1. The van der Waals surface area contributed by atoms with E-state index in [2.05, 4.69) is 28.6 Å². The summed E-state index contributed by atoms with van der Waals surface area (Å²) >= 11 is 7.42. The zero-order chi connectivity index (χ0) is 18.8. The average Bonchev–Trinajstić information content (AvgIpc) is 3.34. The van der Waals surface area contributed by atoms with Gasteiger partial charge in [0, 0.05) is 36.1 Å². The zero-order valence-electron chi connectivity index (χ0n) is 15.1. The molecule has 0 unspecified atom stereocenters. The van der Waals surface area contributed by atoms with Gasteiger partial charge < -0.3 is 9.47 Å². The van der Waals surface area contributed by atoms with Gasteiger partial charge in [0.25, 0.3) is 0 Å². The molecule has 1 saturated carbocycles. The van der Waals surface area contributed by atoms with Crippen LogP contribution in [-0.2, 0) is 11.3 Å². The van der Waals surface area contributed by atoms with Crippen molar-refractivity contribution in [3.63, 3.8) is 0 Å². The van der Waals surface area contributed by atoms with E-state index in [1.807, 2.05) is 0 Å². The number of thioether (sulfide) groups is 1. The molecule has 0 N–H and O–H groups in total. The standard InChI is InChI=1S/C18H22ClFN4OS/c1-11(2)17-21-22-18(24(17)12-7-8-12)26-10-16(25)23(3)9-13-14(19)5-4-6-15(13)20/h4-6,11-12H,7-10H2,1-3H3. The fourth-order valence-electron chi connectivity index (χ4n) is 2.70. The number of halogens is 2. The van der Waals surface area contributed by atoms with Crippen LogP contribution in [0.15, 0.2) is 23.4 Å². The molecule has 1 amide bonds. The highest BCUT2D eigenvalue weighted by atomic mass is 35.5. The maximum atomic E-state index is 13.9. The largest absolute Gasteiger partial charge is 0.341 e. The summed E-state index contributed by atoms with van der Waals surface area (Å²) < 4.78 is 16.1. The van der Waals surface area contributed by atoms with Crippen LogP contribution >= 0.6 is 23.4 Å². The molecule has 0 spiro atoms. The third-order valence-electron chi connectivity index (χ3n) is 4.33. The highest BCUT2D eigenvalue weighted by Gasteiger charge is 2.30. The molecule has 8 heteroatoms. The number of hydrogen-bond donors (Lipinski definition) is 0. The van der Waals surface area contributed by atoms with Gasteiger partial charge in [-0.2, -0.15) is 0 Å². The van der Waals surface area contributed by atoms with Crippen molar-refractivity contribution in [2.45, 2.75) is 50.4 Å². The van der Waals surface area contributed by atoms with Crippen molar-refractivity contribution in [3.8, 4) is 0 Å². The Balaban J connectivity index is 1.64. The van der Waals surface area contributed by atoms with Crippen molar-refractivity contribution in [1.82, 2.24) is 19.7 Å². The van der Waals surface area contributed by atoms with E-state index in [4.69, 9.17) is 11.6 Å². The topological polar surface area (TPSA) is 51.0 Å². The molecule has 2 aromatic rings. The number of amides is 1. The van der Waals surface area contributed by atoms with Gasteiger partial charge in [-0.25, -0.2) is 4.39 Å². The first-order chi connectivity index (χ1) is 12.4. The molecule has 26 heavy (non-hydrogen) atoms. The van der Waals surface area contributed by atoms with Gasteiger partial charge in [-0.05, 0) is 25.0 Å². The number of carbonyl (C=O) groups is 1. The monoisotopic (exact) mass is 396 g/mol. The van der Waals surface area contributed by atoms with Crippen LogP contribution in [0.2, 0.25) is 5.02 Å². The normalized spacial score (nSPS) is 14.1. The lowest BCUT2D eigenvalue weighted by Gasteiger charge is -2.18. The molecule has 5 nitrogen and oxygen atoms in total. The van der Waals surface area contributed by atoms with E-state index in [0.717, 1.165) is 23.8 Å². The average molecular weight is 397 g/mol. The van der Waals surface area contributed by atoms with Crippen LogP contribution in [0, 0.1) is 5.82 Å². The zero-order valence-corrected chi connectivity index (χ0v) is 16.6. The maximum absolute atomic E-state index is 13.9. The number of rotatable bonds is 7. The van der Waals surface area contributed by atoms with Crippen LogP contribution in [-0.4, -0.2) is 38.4 Å². The van der Waals surface area contributed by atoms with Gasteiger partial charge in [0.15, 0.2) is 5.16 Å². The smallest absolute Gasteiger partial charge is 0.233 e.